The molecule has 3 N–H and O–H groups in total. The molecule has 0 aliphatic carbocycles. The first-order valence-corrected chi connectivity index (χ1v) is 6.30. The van der Waals surface area contributed by atoms with Crippen molar-refractivity contribution in [3.63, 3.8) is 0 Å². The van der Waals surface area contributed by atoms with Crippen molar-refractivity contribution < 1.29 is 4.39 Å². The van der Waals surface area contributed by atoms with Gasteiger partial charge in [0.2, 0.25) is 0 Å². The number of halogens is 2. The fraction of sp³-hybridized carbons (Fsp3) is 0.214. The van der Waals surface area contributed by atoms with E-state index in [0.717, 1.165) is 5.56 Å². The molecule has 0 aliphatic heterocycles. The number of nitrogens with two attached hydrogens (primary N) is 1. The molecule has 1 aromatic carbocycles. The van der Waals surface area contributed by atoms with Crippen LogP contribution in [-0.2, 0) is 6.42 Å². The van der Waals surface area contributed by atoms with E-state index >= 15 is 0 Å². The third-order valence-electron chi connectivity index (χ3n) is 3.07. The number of pyridine rings is 1. The van der Waals surface area contributed by atoms with Crippen LogP contribution in [0.4, 0.5) is 10.1 Å². The van der Waals surface area contributed by atoms with Crippen molar-refractivity contribution in [2.24, 2.45) is 0 Å². The zero-order valence-corrected chi connectivity index (χ0v) is 11.3. The molecule has 2 rings (SSSR count). The number of rotatable bonds is 4. The minimum atomic E-state index is -0.383. The lowest BCUT2D eigenvalue weighted by Gasteiger charge is -2.18. The van der Waals surface area contributed by atoms with Gasteiger partial charge in [-0.2, -0.15) is 0 Å². The lowest BCUT2D eigenvalue weighted by Crippen LogP contribution is -2.20. The zero-order chi connectivity index (χ0) is 13.8. The molecule has 1 atom stereocenters. The van der Waals surface area contributed by atoms with Crippen molar-refractivity contribution in [2.45, 2.75) is 12.5 Å². The van der Waals surface area contributed by atoms with Crippen LogP contribution in [0, 0.1) is 5.82 Å². The second-order valence-electron chi connectivity index (χ2n) is 4.26. The molecule has 0 amide bonds. The summed E-state index contributed by atoms with van der Waals surface area (Å²) in [5.41, 5.74) is 7.96. The largest absolute Gasteiger partial charge is 0.398 e. The highest BCUT2D eigenvalue weighted by Gasteiger charge is 2.16. The Morgan fingerprint density at radius 1 is 1.42 bits per heavy atom. The van der Waals surface area contributed by atoms with Crippen LogP contribution in [0.5, 0.6) is 0 Å². The van der Waals surface area contributed by atoms with Crippen LogP contribution < -0.4 is 11.1 Å². The SMILES string of the molecule is CNC(Cc1cccc(Cl)c1F)c1cnccc1N. The summed E-state index contributed by atoms with van der Waals surface area (Å²) in [7, 11) is 1.81. The normalized spacial score (nSPS) is 12.4. The molecular weight excluding hydrogens is 265 g/mol. The predicted octanol–water partition coefficient (Wildman–Crippen LogP) is 2.96. The Kier molecular flexibility index (Phi) is 4.35. The summed E-state index contributed by atoms with van der Waals surface area (Å²) in [5, 5.41) is 3.26. The summed E-state index contributed by atoms with van der Waals surface area (Å²) >= 11 is 5.79. The molecular formula is C14H15ClFN3. The number of benzene rings is 1. The Labute approximate surface area is 116 Å². The number of hydrogen-bond donors (Lipinski definition) is 2. The Balaban J connectivity index is 2.30. The van der Waals surface area contributed by atoms with E-state index in [4.69, 9.17) is 17.3 Å². The molecule has 0 bridgehead atoms. The third-order valence-corrected chi connectivity index (χ3v) is 3.36. The van der Waals surface area contributed by atoms with Crippen LogP contribution in [0.3, 0.4) is 0 Å². The van der Waals surface area contributed by atoms with Crippen molar-refractivity contribution >= 4 is 17.3 Å². The highest BCUT2D eigenvalue weighted by Crippen LogP contribution is 2.26. The van der Waals surface area contributed by atoms with Gasteiger partial charge in [0.1, 0.15) is 5.82 Å². The van der Waals surface area contributed by atoms with Crippen LogP contribution in [0.25, 0.3) is 0 Å². The highest BCUT2D eigenvalue weighted by molar-refractivity contribution is 6.30. The van der Waals surface area contributed by atoms with Crippen molar-refractivity contribution in [1.29, 1.82) is 0 Å². The Morgan fingerprint density at radius 3 is 2.89 bits per heavy atom. The van der Waals surface area contributed by atoms with E-state index in [0.29, 0.717) is 17.7 Å². The van der Waals surface area contributed by atoms with Gasteiger partial charge in [-0.3, -0.25) is 4.98 Å². The van der Waals surface area contributed by atoms with E-state index in [9.17, 15) is 4.39 Å². The standard InChI is InChI=1S/C14H15ClFN3/c1-18-13(10-8-19-6-5-12(10)17)7-9-3-2-4-11(15)14(9)16/h2-6,8,13,18H,7H2,1H3,(H2,17,19). The smallest absolute Gasteiger partial charge is 0.145 e. The van der Waals surface area contributed by atoms with E-state index in [1.165, 1.54) is 6.07 Å². The minimum absolute atomic E-state index is 0.110. The van der Waals surface area contributed by atoms with Crippen molar-refractivity contribution in [3.05, 3.63) is 58.6 Å². The maximum atomic E-state index is 13.9. The maximum Gasteiger partial charge on any atom is 0.145 e. The Hall–Kier alpha value is -1.65. The first-order chi connectivity index (χ1) is 9.13. The van der Waals surface area contributed by atoms with Crippen LogP contribution in [0.15, 0.2) is 36.7 Å². The molecule has 3 nitrogen and oxygen atoms in total. The molecule has 1 unspecified atom stereocenters. The van der Waals surface area contributed by atoms with Crippen molar-refractivity contribution in [3.8, 4) is 0 Å². The fourth-order valence-corrected chi connectivity index (χ4v) is 2.20. The zero-order valence-electron chi connectivity index (χ0n) is 10.5. The summed E-state index contributed by atoms with van der Waals surface area (Å²) < 4.78 is 13.9. The fourth-order valence-electron chi connectivity index (χ4n) is 2.00. The third kappa shape index (κ3) is 3.03. The summed E-state index contributed by atoms with van der Waals surface area (Å²) in [6, 6.07) is 6.61. The van der Waals surface area contributed by atoms with Crippen LogP contribution in [0.2, 0.25) is 5.02 Å². The Bertz CT molecular complexity index is 574. The van der Waals surface area contributed by atoms with Gasteiger partial charge in [0, 0.05) is 29.7 Å². The van der Waals surface area contributed by atoms with E-state index < -0.39 is 0 Å². The van der Waals surface area contributed by atoms with Crippen LogP contribution in [-0.4, -0.2) is 12.0 Å². The van der Waals surface area contributed by atoms with Gasteiger partial charge in [-0.1, -0.05) is 23.7 Å². The molecule has 1 heterocycles. The molecule has 19 heavy (non-hydrogen) atoms. The number of aromatic nitrogens is 1. The van der Waals surface area contributed by atoms with E-state index in [1.807, 2.05) is 0 Å². The molecule has 0 aliphatic rings. The molecule has 0 saturated heterocycles. The molecule has 0 fully saturated rings. The average molecular weight is 280 g/mol. The topological polar surface area (TPSA) is 50.9 Å². The van der Waals surface area contributed by atoms with Gasteiger partial charge >= 0.3 is 0 Å². The van der Waals surface area contributed by atoms with Crippen LogP contribution in [0.1, 0.15) is 17.2 Å². The van der Waals surface area contributed by atoms with Crippen LogP contribution >= 0.6 is 11.6 Å². The molecule has 1 aromatic heterocycles. The van der Waals surface area contributed by atoms with Gasteiger partial charge in [-0.05, 0) is 31.2 Å². The molecule has 5 heteroatoms. The van der Waals surface area contributed by atoms with Gasteiger partial charge in [0.15, 0.2) is 0 Å². The van der Waals surface area contributed by atoms with Gasteiger partial charge in [0.05, 0.1) is 5.02 Å². The van der Waals surface area contributed by atoms with Gasteiger partial charge in [-0.25, -0.2) is 4.39 Å². The quantitative estimate of drug-likeness (QED) is 0.905. The lowest BCUT2D eigenvalue weighted by atomic mass is 9.99. The lowest BCUT2D eigenvalue weighted by molar-refractivity contribution is 0.554. The predicted molar refractivity (Wildman–Crippen MR) is 75.6 cm³/mol. The maximum absolute atomic E-state index is 13.9. The van der Waals surface area contributed by atoms with Gasteiger partial charge < -0.3 is 11.1 Å². The Morgan fingerprint density at radius 2 is 2.21 bits per heavy atom. The molecule has 0 radical (unpaired) electrons. The number of nitrogens with zero attached hydrogens (tertiary/aromatic N) is 1. The first-order valence-electron chi connectivity index (χ1n) is 5.93. The summed E-state index contributed by atoms with van der Waals surface area (Å²) in [6.07, 6.45) is 3.78. The number of hydrogen-bond acceptors (Lipinski definition) is 3. The molecule has 100 valence electrons. The summed E-state index contributed by atoms with van der Waals surface area (Å²) in [4.78, 5) is 4.06. The number of nitrogen functional groups attached to an aromatic ring is 1. The van der Waals surface area contributed by atoms with Crippen molar-refractivity contribution in [1.82, 2.24) is 10.3 Å². The summed E-state index contributed by atoms with van der Waals surface area (Å²) in [6.45, 7) is 0. The number of anilines is 1. The van der Waals surface area contributed by atoms with Crippen molar-refractivity contribution in [2.75, 3.05) is 12.8 Å². The van der Waals surface area contributed by atoms with Gasteiger partial charge in [0.25, 0.3) is 0 Å². The number of nitrogens with one attached hydrogen (secondary N) is 1. The first kappa shape index (κ1) is 13.8. The second-order valence-corrected chi connectivity index (χ2v) is 4.67. The molecule has 0 spiro atoms. The monoisotopic (exact) mass is 279 g/mol. The highest BCUT2D eigenvalue weighted by atomic mass is 35.5. The molecule has 0 saturated carbocycles. The summed E-state index contributed by atoms with van der Waals surface area (Å²) in [5.74, 6) is -0.383. The number of likely N-dealkylation sites (N-methyl/N-ethyl adjacent to an activating group) is 1. The van der Waals surface area contributed by atoms with E-state index in [1.54, 1.807) is 37.6 Å². The average Bonchev–Trinajstić information content (AvgIpc) is 2.41. The van der Waals surface area contributed by atoms with Gasteiger partial charge in [-0.15, -0.1) is 0 Å². The minimum Gasteiger partial charge on any atom is -0.398 e. The van der Waals surface area contributed by atoms with E-state index in [2.05, 4.69) is 10.3 Å². The molecule has 2 aromatic rings. The second kappa shape index (κ2) is 5.99. The van der Waals surface area contributed by atoms with E-state index in [-0.39, 0.29) is 16.9 Å².